The molecule has 1 saturated heterocycles. The lowest BCUT2D eigenvalue weighted by Crippen LogP contribution is -2.47. The first-order chi connectivity index (χ1) is 9.45. The predicted molar refractivity (Wildman–Crippen MR) is 68.6 cm³/mol. The molecule has 0 bridgehead atoms. The first kappa shape index (κ1) is 14.7. The number of aliphatic hydroxyl groups is 1. The standard InChI is InChI=1S/C12H18F2N4O2/c1-8-2-4-17(6-9(8)19)12(20)15-11-3-5-18(16-11)7-10(13)14/h3,5,8-10,19H,2,4,6-7H2,1H3,(H,15,16,20). The molecule has 1 aliphatic heterocycles. The predicted octanol–water partition coefficient (Wildman–Crippen LogP) is 1.38. The van der Waals surface area contributed by atoms with Crippen LogP contribution in [0.5, 0.6) is 0 Å². The first-order valence-corrected chi connectivity index (χ1v) is 6.51. The molecule has 2 rings (SSSR count). The van der Waals surface area contributed by atoms with E-state index in [0.29, 0.717) is 6.54 Å². The molecule has 1 fully saturated rings. The lowest BCUT2D eigenvalue weighted by molar-refractivity contribution is 0.0463. The van der Waals surface area contributed by atoms with Gasteiger partial charge in [-0.25, -0.2) is 13.6 Å². The summed E-state index contributed by atoms with van der Waals surface area (Å²) in [6.45, 7) is 2.26. The Balaban J connectivity index is 1.89. The van der Waals surface area contributed by atoms with Crippen molar-refractivity contribution in [3.8, 4) is 0 Å². The number of urea groups is 1. The third kappa shape index (κ3) is 3.66. The zero-order valence-electron chi connectivity index (χ0n) is 11.2. The number of nitrogens with zero attached hydrogens (tertiary/aromatic N) is 3. The number of carbonyl (C=O) groups excluding carboxylic acids is 1. The average molecular weight is 288 g/mol. The van der Waals surface area contributed by atoms with Crippen LogP contribution in [0.25, 0.3) is 0 Å². The molecule has 1 aromatic rings. The van der Waals surface area contributed by atoms with Gasteiger partial charge in [-0.3, -0.25) is 10.00 Å². The van der Waals surface area contributed by atoms with E-state index in [-0.39, 0.29) is 24.3 Å². The van der Waals surface area contributed by atoms with Gasteiger partial charge in [-0.15, -0.1) is 0 Å². The third-order valence-electron chi connectivity index (χ3n) is 3.41. The Morgan fingerprint density at radius 1 is 1.65 bits per heavy atom. The van der Waals surface area contributed by atoms with Crippen LogP contribution in [0, 0.1) is 5.92 Å². The summed E-state index contributed by atoms with van der Waals surface area (Å²) in [6, 6.07) is 1.08. The summed E-state index contributed by atoms with van der Waals surface area (Å²) >= 11 is 0. The molecule has 6 nitrogen and oxygen atoms in total. The molecule has 1 aromatic heterocycles. The number of piperidine rings is 1. The van der Waals surface area contributed by atoms with E-state index >= 15 is 0 Å². The van der Waals surface area contributed by atoms with Crippen LogP contribution >= 0.6 is 0 Å². The normalized spacial score (nSPS) is 23.1. The zero-order chi connectivity index (χ0) is 14.7. The Hall–Kier alpha value is -1.70. The van der Waals surface area contributed by atoms with Gasteiger partial charge in [0.1, 0.15) is 6.54 Å². The Morgan fingerprint density at radius 3 is 3.05 bits per heavy atom. The topological polar surface area (TPSA) is 70.4 Å². The molecule has 8 heteroatoms. The highest BCUT2D eigenvalue weighted by atomic mass is 19.3. The van der Waals surface area contributed by atoms with E-state index in [1.807, 2.05) is 6.92 Å². The SMILES string of the molecule is CC1CCN(C(=O)Nc2ccn(CC(F)F)n2)CC1O. The van der Waals surface area contributed by atoms with Crippen LogP contribution in [-0.2, 0) is 6.54 Å². The minimum Gasteiger partial charge on any atom is -0.391 e. The summed E-state index contributed by atoms with van der Waals surface area (Å²) < 4.78 is 25.4. The maximum absolute atomic E-state index is 12.2. The molecule has 2 heterocycles. The fourth-order valence-corrected chi connectivity index (χ4v) is 2.09. The molecule has 2 N–H and O–H groups in total. The first-order valence-electron chi connectivity index (χ1n) is 6.51. The molecule has 112 valence electrons. The average Bonchev–Trinajstić information content (AvgIpc) is 2.79. The number of carbonyl (C=O) groups is 1. The second kappa shape index (κ2) is 6.17. The minimum atomic E-state index is -2.49. The maximum atomic E-state index is 12.2. The van der Waals surface area contributed by atoms with Gasteiger partial charge in [0.05, 0.1) is 6.10 Å². The molecule has 0 aliphatic carbocycles. The van der Waals surface area contributed by atoms with Crippen LogP contribution in [0.1, 0.15) is 13.3 Å². The van der Waals surface area contributed by atoms with Crippen molar-refractivity contribution < 1.29 is 18.7 Å². The van der Waals surface area contributed by atoms with Crippen LogP contribution < -0.4 is 5.32 Å². The number of aliphatic hydroxyl groups excluding tert-OH is 1. The van der Waals surface area contributed by atoms with Crippen LogP contribution in [0.3, 0.4) is 0 Å². The van der Waals surface area contributed by atoms with E-state index in [2.05, 4.69) is 10.4 Å². The minimum absolute atomic E-state index is 0.171. The number of hydrogen-bond donors (Lipinski definition) is 2. The van der Waals surface area contributed by atoms with Crippen molar-refractivity contribution in [2.24, 2.45) is 5.92 Å². The smallest absolute Gasteiger partial charge is 0.323 e. The molecule has 0 aromatic carbocycles. The summed E-state index contributed by atoms with van der Waals surface area (Å²) in [5, 5.41) is 16.1. The summed E-state index contributed by atoms with van der Waals surface area (Å²) in [5.41, 5.74) is 0. The molecule has 2 amide bonds. The number of hydrogen-bond acceptors (Lipinski definition) is 3. The van der Waals surface area contributed by atoms with Gasteiger partial charge < -0.3 is 10.0 Å². The molecule has 0 spiro atoms. The highest BCUT2D eigenvalue weighted by Crippen LogP contribution is 2.17. The number of halogens is 2. The summed E-state index contributed by atoms with van der Waals surface area (Å²) in [7, 11) is 0. The number of anilines is 1. The molecule has 0 saturated carbocycles. The molecular formula is C12H18F2N4O2. The lowest BCUT2D eigenvalue weighted by atomic mass is 9.96. The third-order valence-corrected chi connectivity index (χ3v) is 3.41. The van der Waals surface area contributed by atoms with Crippen molar-refractivity contribution in [2.75, 3.05) is 18.4 Å². The number of amides is 2. The number of likely N-dealkylation sites (tertiary alicyclic amines) is 1. The Labute approximate surface area is 115 Å². The highest BCUT2D eigenvalue weighted by Gasteiger charge is 2.27. The molecule has 20 heavy (non-hydrogen) atoms. The summed E-state index contributed by atoms with van der Waals surface area (Å²) in [6.07, 6.45) is -0.911. The van der Waals surface area contributed by atoms with Gasteiger partial charge >= 0.3 is 6.03 Å². The van der Waals surface area contributed by atoms with Gasteiger partial charge in [0, 0.05) is 25.4 Å². The van der Waals surface area contributed by atoms with Crippen LogP contribution in [0.15, 0.2) is 12.3 Å². The van der Waals surface area contributed by atoms with Gasteiger partial charge in [0.25, 0.3) is 6.43 Å². The summed E-state index contributed by atoms with van der Waals surface area (Å²) in [4.78, 5) is 13.5. The monoisotopic (exact) mass is 288 g/mol. The largest absolute Gasteiger partial charge is 0.391 e. The van der Waals surface area contributed by atoms with E-state index < -0.39 is 19.1 Å². The van der Waals surface area contributed by atoms with E-state index in [0.717, 1.165) is 11.1 Å². The van der Waals surface area contributed by atoms with Gasteiger partial charge in [-0.2, -0.15) is 5.10 Å². The Kier molecular flexibility index (Phi) is 4.53. The van der Waals surface area contributed by atoms with E-state index in [9.17, 15) is 18.7 Å². The van der Waals surface area contributed by atoms with Crippen molar-refractivity contribution >= 4 is 11.8 Å². The molecular weight excluding hydrogens is 270 g/mol. The van der Waals surface area contributed by atoms with Crippen molar-refractivity contribution in [2.45, 2.75) is 32.4 Å². The van der Waals surface area contributed by atoms with Crippen LogP contribution in [0.4, 0.5) is 19.4 Å². The van der Waals surface area contributed by atoms with Crippen LogP contribution in [0.2, 0.25) is 0 Å². The summed E-state index contributed by atoms with van der Waals surface area (Å²) in [5.74, 6) is 0.396. The van der Waals surface area contributed by atoms with E-state index in [1.165, 1.54) is 17.2 Å². The molecule has 2 unspecified atom stereocenters. The second-order valence-corrected chi connectivity index (χ2v) is 5.02. The maximum Gasteiger partial charge on any atom is 0.323 e. The zero-order valence-corrected chi connectivity index (χ0v) is 11.2. The van der Waals surface area contributed by atoms with Gasteiger partial charge in [0.2, 0.25) is 0 Å². The van der Waals surface area contributed by atoms with Crippen molar-refractivity contribution in [3.63, 3.8) is 0 Å². The van der Waals surface area contributed by atoms with Crippen molar-refractivity contribution in [1.29, 1.82) is 0 Å². The lowest BCUT2D eigenvalue weighted by Gasteiger charge is -2.33. The highest BCUT2D eigenvalue weighted by molar-refractivity contribution is 5.88. The van der Waals surface area contributed by atoms with Crippen molar-refractivity contribution in [1.82, 2.24) is 14.7 Å². The molecule has 0 radical (unpaired) electrons. The van der Waals surface area contributed by atoms with Gasteiger partial charge in [-0.05, 0) is 12.3 Å². The van der Waals surface area contributed by atoms with E-state index in [4.69, 9.17) is 0 Å². The number of alkyl halides is 2. The van der Waals surface area contributed by atoms with E-state index in [1.54, 1.807) is 0 Å². The van der Waals surface area contributed by atoms with Crippen LogP contribution in [-0.4, -0.2) is 51.4 Å². The molecule has 1 aliphatic rings. The quantitative estimate of drug-likeness (QED) is 0.883. The van der Waals surface area contributed by atoms with Crippen molar-refractivity contribution in [3.05, 3.63) is 12.3 Å². The number of nitrogens with one attached hydrogen (secondary N) is 1. The van der Waals surface area contributed by atoms with Gasteiger partial charge in [-0.1, -0.05) is 6.92 Å². The number of rotatable bonds is 3. The fourth-order valence-electron chi connectivity index (χ4n) is 2.09. The Morgan fingerprint density at radius 2 is 2.40 bits per heavy atom. The fraction of sp³-hybridized carbons (Fsp3) is 0.667. The van der Waals surface area contributed by atoms with Gasteiger partial charge in [0.15, 0.2) is 5.82 Å². The Bertz CT molecular complexity index is 466. The number of β-amino-alcohol motifs (C(OH)–C–C–N with tert-alkyl or cyclic N) is 1. The second-order valence-electron chi connectivity index (χ2n) is 5.02. The molecule has 2 atom stereocenters. The number of aromatic nitrogens is 2.